The predicted molar refractivity (Wildman–Crippen MR) is 81.9 cm³/mol. The van der Waals surface area contributed by atoms with Crippen molar-refractivity contribution in [3.8, 4) is 0 Å². The minimum Gasteiger partial charge on any atom is -0.389 e. The van der Waals surface area contributed by atoms with Gasteiger partial charge in [0.15, 0.2) is 0 Å². The average Bonchev–Trinajstić information content (AvgIpc) is 3.24. The summed E-state index contributed by atoms with van der Waals surface area (Å²) in [5, 5.41) is 12.3. The molecule has 23 heavy (non-hydrogen) atoms. The van der Waals surface area contributed by atoms with Crippen molar-refractivity contribution in [3.63, 3.8) is 0 Å². The second-order valence-electron chi connectivity index (χ2n) is 6.41. The van der Waals surface area contributed by atoms with Gasteiger partial charge in [-0.3, -0.25) is 4.79 Å². The van der Waals surface area contributed by atoms with Gasteiger partial charge in [-0.15, -0.1) is 0 Å². The van der Waals surface area contributed by atoms with Crippen molar-refractivity contribution in [1.82, 2.24) is 5.32 Å². The van der Waals surface area contributed by atoms with Gasteiger partial charge in [-0.05, 0) is 24.5 Å². The molecule has 6 heteroatoms. The molecule has 0 bridgehead atoms. The van der Waals surface area contributed by atoms with E-state index < -0.39 is 29.6 Å². The lowest BCUT2D eigenvalue weighted by Gasteiger charge is -2.13. The second kappa shape index (κ2) is 7.84. The first-order valence-corrected chi connectivity index (χ1v) is 7.87. The molecule has 0 aliphatic heterocycles. The summed E-state index contributed by atoms with van der Waals surface area (Å²) in [7, 11) is 0. The number of carbonyl (C=O) groups excluding carboxylic acids is 1. The van der Waals surface area contributed by atoms with E-state index in [1.54, 1.807) is 0 Å². The van der Waals surface area contributed by atoms with Crippen LogP contribution in [0, 0.1) is 23.5 Å². The molecular weight excluding hydrogens is 304 g/mol. The number of ether oxygens (including phenoxy) is 1. The summed E-state index contributed by atoms with van der Waals surface area (Å²) >= 11 is 0. The van der Waals surface area contributed by atoms with Crippen molar-refractivity contribution < 1.29 is 23.4 Å². The van der Waals surface area contributed by atoms with Crippen LogP contribution in [0.3, 0.4) is 0 Å². The smallest absolute Gasteiger partial charge is 0.223 e. The summed E-state index contributed by atoms with van der Waals surface area (Å²) in [6.45, 7) is 4.77. The number of rotatable bonds is 8. The third-order valence-electron chi connectivity index (χ3n) is 3.77. The maximum absolute atomic E-state index is 13.7. The van der Waals surface area contributed by atoms with Crippen LogP contribution in [0.2, 0.25) is 0 Å². The van der Waals surface area contributed by atoms with Crippen LogP contribution in [0.1, 0.15) is 31.7 Å². The number of amides is 1. The van der Waals surface area contributed by atoms with E-state index in [9.17, 15) is 18.7 Å². The number of aliphatic hydroxyl groups excluding tert-OH is 1. The Hall–Kier alpha value is -1.53. The number of carbonyl (C=O) groups is 1. The van der Waals surface area contributed by atoms with Gasteiger partial charge in [0.2, 0.25) is 5.91 Å². The van der Waals surface area contributed by atoms with E-state index >= 15 is 0 Å². The zero-order valence-electron chi connectivity index (χ0n) is 13.4. The molecule has 4 nitrogen and oxygen atoms in total. The molecule has 0 aromatic heterocycles. The van der Waals surface area contributed by atoms with Crippen LogP contribution < -0.4 is 5.32 Å². The molecular formula is C17H23F2NO3. The molecule has 3 atom stereocenters. The summed E-state index contributed by atoms with van der Waals surface area (Å²) in [4.78, 5) is 12.0. The topological polar surface area (TPSA) is 58.6 Å². The van der Waals surface area contributed by atoms with Crippen LogP contribution in [0.25, 0.3) is 0 Å². The minimum atomic E-state index is -0.792. The normalized spacial score (nSPS) is 21.3. The lowest BCUT2D eigenvalue weighted by molar-refractivity contribution is -0.123. The average molecular weight is 327 g/mol. The molecule has 1 aliphatic carbocycles. The molecule has 2 N–H and O–H groups in total. The lowest BCUT2D eigenvalue weighted by atomic mass is 10.1. The molecule has 1 aromatic carbocycles. The van der Waals surface area contributed by atoms with Gasteiger partial charge in [-0.1, -0.05) is 19.9 Å². The predicted octanol–water partition coefficient (Wildman–Crippen LogP) is 2.22. The zero-order chi connectivity index (χ0) is 17.0. The van der Waals surface area contributed by atoms with Gasteiger partial charge in [0, 0.05) is 30.6 Å². The molecule has 2 rings (SSSR count). The van der Waals surface area contributed by atoms with E-state index in [4.69, 9.17) is 4.74 Å². The molecule has 1 amide bonds. The van der Waals surface area contributed by atoms with Gasteiger partial charge in [0.05, 0.1) is 12.7 Å². The Morgan fingerprint density at radius 2 is 2.00 bits per heavy atom. The fraction of sp³-hybridized carbons (Fsp3) is 0.588. The first-order valence-electron chi connectivity index (χ1n) is 7.87. The first-order chi connectivity index (χ1) is 10.9. The standard InChI is InChI=1S/C17H23F2NO3/c1-10(2)8-23-9-11(21)7-20-17(22)13-6-12(13)16-14(18)4-3-5-15(16)19/h3-5,10-13,21H,6-9H2,1-2H3,(H,20,22)/t11-,12+,13-/m1/s1. The summed E-state index contributed by atoms with van der Waals surface area (Å²) in [5.41, 5.74) is -0.0199. The molecule has 0 radical (unpaired) electrons. The van der Waals surface area contributed by atoms with Crippen LogP contribution in [0.4, 0.5) is 8.78 Å². The van der Waals surface area contributed by atoms with Gasteiger partial charge >= 0.3 is 0 Å². The third kappa shape index (κ3) is 4.97. The fourth-order valence-corrected chi connectivity index (χ4v) is 2.52. The van der Waals surface area contributed by atoms with Gasteiger partial charge < -0.3 is 15.2 Å². The van der Waals surface area contributed by atoms with E-state index in [0.29, 0.717) is 18.9 Å². The minimum absolute atomic E-state index is 0.0199. The number of benzene rings is 1. The molecule has 0 unspecified atom stereocenters. The van der Waals surface area contributed by atoms with Crippen LogP contribution in [0.5, 0.6) is 0 Å². The number of hydrogen-bond acceptors (Lipinski definition) is 3. The van der Waals surface area contributed by atoms with Crippen molar-refractivity contribution in [2.45, 2.75) is 32.3 Å². The van der Waals surface area contributed by atoms with Gasteiger partial charge in [0.1, 0.15) is 11.6 Å². The fourth-order valence-electron chi connectivity index (χ4n) is 2.52. The largest absolute Gasteiger partial charge is 0.389 e. The summed E-state index contributed by atoms with van der Waals surface area (Å²) in [6.07, 6.45) is -0.371. The van der Waals surface area contributed by atoms with Crippen molar-refractivity contribution in [2.24, 2.45) is 11.8 Å². The van der Waals surface area contributed by atoms with Gasteiger partial charge in [-0.25, -0.2) is 8.78 Å². The maximum atomic E-state index is 13.7. The van der Waals surface area contributed by atoms with Gasteiger partial charge in [-0.2, -0.15) is 0 Å². The molecule has 0 heterocycles. The Labute approximate surface area is 134 Å². The number of hydrogen-bond donors (Lipinski definition) is 2. The monoisotopic (exact) mass is 327 g/mol. The van der Waals surface area contributed by atoms with Crippen molar-refractivity contribution >= 4 is 5.91 Å². The second-order valence-corrected chi connectivity index (χ2v) is 6.41. The van der Waals surface area contributed by atoms with E-state index in [-0.39, 0.29) is 24.6 Å². The van der Waals surface area contributed by atoms with Crippen LogP contribution >= 0.6 is 0 Å². The number of aliphatic hydroxyl groups is 1. The quantitative estimate of drug-likeness (QED) is 0.770. The van der Waals surface area contributed by atoms with Crippen molar-refractivity contribution in [2.75, 3.05) is 19.8 Å². The highest BCUT2D eigenvalue weighted by Crippen LogP contribution is 2.49. The summed E-state index contributed by atoms with van der Waals surface area (Å²) < 4.78 is 32.6. The zero-order valence-corrected chi connectivity index (χ0v) is 13.4. The van der Waals surface area contributed by atoms with Crippen LogP contribution in [0.15, 0.2) is 18.2 Å². The molecule has 1 aliphatic rings. The Morgan fingerprint density at radius 3 is 2.61 bits per heavy atom. The van der Waals surface area contributed by atoms with E-state index in [1.165, 1.54) is 18.2 Å². The summed E-state index contributed by atoms with van der Waals surface area (Å²) in [5.74, 6) is -2.02. The lowest BCUT2D eigenvalue weighted by Crippen LogP contribution is -2.35. The van der Waals surface area contributed by atoms with Crippen LogP contribution in [-0.4, -0.2) is 36.9 Å². The van der Waals surface area contributed by atoms with Crippen LogP contribution in [-0.2, 0) is 9.53 Å². The van der Waals surface area contributed by atoms with E-state index in [1.807, 2.05) is 13.8 Å². The maximum Gasteiger partial charge on any atom is 0.223 e. The number of halogens is 2. The Bertz CT molecular complexity index is 530. The molecule has 0 saturated heterocycles. The third-order valence-corrected chi connectivity index (χ3v) is 3.77. The van der Waals surface area contributed by atoms with Crippen molar-refractivity contribution in [3.05, 3.63) is 35.4 Å². The Balaban J connectivity index is 1.76. The Kier molecular flexibility index (Phi) is 6.07. The molecule has 128 valence electrons. The van der Waals surface area contributed by atoms with E-state index in [2.05, 4.69) is 5.32 Å². The first kappa shape index (κ1) is 17.8. The molecule has 1 fully saturated rings. The summed E-state index contributed by atoms with van der Waals surface area (Å²) in [6, 6.07) is 3.70. The molecule has 1 saturated carbocycles. The van der Waals surface area contributed by atoms with Crippen molar-refractivity contribution in [1.29, 1.82) is 0 Å². The highest BCUT2D eigenvalue weighted by Gasteiger charge is 2.46. The molecule has 0 spiro atoms. The molecule has 1 aromatic rings. The highest BCUT2D eigenvalue weighted by molar-refractivity contribution is 5.82. The van der Waals surface area contributed by atoms with Gasteiger partial charge in [0.25, 0.3) is 0 Å². The Morgan fingerprint density at radius 1 is 1.35 bits per heavy atom. The highest BCUT2D eigenvalue weighted by atomic mass is 19.1. The SMILES string of the molecule is CC(C)COC[C@H](O)CNC(=O)[C@@H]1C[C@@H]1c1c(F)cccc1F. The van der Waals surface area contributed by atoms with E-state index in [0.717, 1.165) is 0 Å². The number of nitrogens with one attached hydrogen (secondary N) is 1.